The maximum Gasteiger partial charge on any atom is 0.217 e. The molecule has 2 heteroatoms. The quantitative estimate of drug-likeness (QED) is 0.578. The minimum absolute atomic E-state index is 0.157. The molecule has 0 atom stereocenters. The van der Waals surface area contributed by atoms with Crippen molar-refractivity contribution in [2.24, 2.45) is 11.7 Å². The average Bonchev–Trinajstić information content (AvgIpc) is 2.62. The molecule has 0 radical (unpaired) electrons. The molecule has 0 aromatic rings. The van der Waals surface area contributed by atoms with Crippen LogP contribution in [0, 0.1) is 5.92 Å². The van der Waals surface area contributed by atoms with Gasteiger partial charge in [0, 0.05) is 6.42 Å². The largest absolute Gasteiger partial charge is 0.370 e. The molecule has 0 bridgehead atoms. The third-order valence-corrected chi connectivity index (χ3v) is 1.98. The van der Waals surface area contributed by atoms with E-state index in [0.29, 0.717) is 6.42 Å². The Morgan fingerprint density at radius 2 is 2.10 bits per heavy atom. The summed E-state index contributed by atoms with van der Waals surface area (Å²) < 4.78 is 0. The molecule has 1 amide bonds. The van der Waals surface area contributed by atoms with E-state index in [1.165, 1.54) is 25.7 Å². The van der Waals surface area contributed by atoms with Crippen LogP contribution in [0.5, 0.6) is 0 Å². The molecular formula is C8H15NO. The highest BCUT2D eigenvalue weighted by Gasteiger charge is 2.19. The van der Waals surface area contributed by atoms with Crippen molar-refractivity contribution in [3.63, 3.8) is 0 Å². The molecule has 1 saturated carbocycles. The molecule has 0 aliphatic heterocycles. The van der Waals surface area contributed by atoms with Crippen molar-refractivity contribution in [1.82, 2.24) is 0 Å². The van der Waals surface area contributed by atoms with E-state index in [1.807, 2.05) is 0 Å². The molecule has 0 unspecified atom stereocenters. The van der Waals surface area contributed by atoms with Crippen LogP contribution in [0.25, 0.3) is 0 Å². The Labute approximate surface area is 61.8 Å². The number of amides is 1. The Kier molecular flexibility index (Phi) is 2.72. The third-order valence-electron chi connectivity index (χ3n) is 1.98. The summed E-state index contributed by atoms with van der Waals surface area (Å²) in [5.74, 6) is 0.837. The van der Waals surface area contributed by atoms with Crippen LogP contribution in [0.4, 0.5) is 0 Å². The molecule has 58 valence electrons. The maximum atomic E-state index is 10.3. The predicted octanol–water partition coefficient (Wildman–Crippen LogP) is 1.44. The van der Waals surface area contributed by atoms with E-state index >= 15 is 0 Å². The van der Waals surface area contributed by atoms with Gasteiger partial charge in [-0.2, -0.15) is 0 Å². The highest BCUT2D eigenvalue weighted by Crippen LogP contribution is 2.33. The van der Waals surface area contributed by atoms with E-state index in [0.717, 1.165) is 12.3 Å². The standard InChI is InChI=1S/C8H15NO/c9-8(10)4-2-1-3-7-5-6-7/h7H,1-6H2,(H2,9,10). The van der Waals surface area contributed by atoms with Crippen LogP contribution in [0.15, 0.2) is 0 Å². The summed E-state index contributed by atoms with van der Waals surface area (Å²) in [4.78, 5) is 10.3. The van der Waals surface area contributed by atoms with Crippen molar-refractivity contribution >= 4 is 5.91 Å². The first kappa shape index (κ1) is 7.58. The predicted molar refractivity (Wildman–Crippen MR) is 40.4 cm³/mol. The number of unbranched alkanes of at least 4 members (excludes halogenated alkanes) is 1. The smallest absolute Gasteiger partial charge is 0.217 e. The van der Waals surface area contributed by atoms with E-state index in [-0.39, 0.29) is 5.91 Å². The second kappa shape index (κ2) is 3.59. The van der Waals surface area contributed by atoms with Gasteiger partial charge >= 0.3 is 0 Å². The third kappa shape index (κ3) is 3.49. The maximum absolute atomic E-state index is 10.3. The van der Waals surface area contributed by atoms with Crippen molar-refractivity contribution < 1.29 is 4.79 Å². The van der Waals surface area contributed by atoms with Gasteiger partial charge < -0.3 is 5.73 Å². The van der Waals surface area contributed by atoms with Crippen LogP contribution in [0.2, 0.25) is 0 Å². The molecule has 10 heavy (non-hydrogen) atoms. The molecule has 2 N–H and O–H groups in total. The lowest BCUT2D eigenvalue weighted by atomic mass is 10.1. The van der Waals surface area contributed by atoms with Crippen molar-refractivity contribution in [3.05, 3.63) is 0 Å². The van der Waals surface area contributed by atoms with Crippen molar-refractivity contribution in [3.8, 4) is 0 Å². The molecule has 0 spiro atoms. The number of nitrogens with two attached hydrogens (primary N) is 1. The Morgan fingerprint density at radius 1 is 1.40 bits per heavy atom. The van der Waals surface area contributed by atoms with Gasteiger partial charge in [-0.05, 0) is 12.3 Å². The summed E-state index contributed by atoms with van der Waals surface area (Å²) in [5, 5.41) is 0. The van der Waals surface area contributed by atoms with Gasteiger partial charge in [-0.1, -0.05) is 25.7 Å². The fourth-order valence-corrected chi connectivity index (χ4v) is 1.14. The zero-order valence-corrected chi connectivity index (χ0v) is 6.31. The number of carbonyl (C=O) groups excluding carboxylic acids is 1. The van der Waals surface area contributed by atoms with Crippen LogP contribution in [0.3, 0.4) is 0 Å². The zero-order chi connectivity index (χ0) is 7.40. The average molecular weight is 141 g/mol. The number of primary amides is 1. The highest BCUT2D eigenvalue weighted by molar-refractivity contribution is 5.73. The normalized spacial score (nSPS) is 17.2. The second-order valence-corrected chi connectivity index (χ2v) is 3.16. The number of hydrogen-bond acceptors (Lipinski definition) is 1. The van der Waals surface area contributed by atoms with Crippen LogP contribution >= 0.6 is 0 Å². The minimum atomic E-state index is -0.157. The highest BCUT2D eigenvalue weighted by atomic mass is 16.1. The Hall–Kier alpha value is -0.530. The fraction of sp³-hybridized carbons (Fsp3) is 0.875. The lowest BCUT2D eigenvalue weighted by Gasteiger charge is -1.95. The summed E-state index contributed by atoms with van der Waals surface area (Å²) in [7, 11) is 0. The van der Waals surface area contributed by atoms with Gasteiger partial charge in [0.05, 0.1) is 0 Å². The SMILES string of the molecule is NC(=O)CCCCC1CC1. The molecule has 0 heterocycles. The molecule has 0 saturated heterocycles. The fourth-order valence-electron chi connectivity index (χ4n) is 1.14. The summed E-state index contributed by atoms with van der Waals surface area (Å²) >= 11 is 0. The molecule has 2 nitrogen and oxygen atoms in total. The van der Waals surface area contributed by atoms with Gasteiger partial charge in [-0.25, -0.2) is 0 Å². The monoisotopic (exact) mass is 141 g/mol. The van der Waals surface area contributed by atoms with Crippen LogP contribution in [0.1, 0.15) is 38.5 Å². The molecule has 0 aromatic heterocycles. The summed E-state index contributed by atoms with van der Waals surface area (Å²) in [6.07, 6.45) is 6.90. The Bertz CT molecular complexity index is 118. The molecule has 1 aliphatic carbocycles. The molecule has 1 aliphatic rings. The lowest BCUT2D eigenvalue weighted by Crippen LogP contribution is -2.09. The molecular weight excluding hydrogens is 126 g/mol. The molecule has 0 aromatic carbocycles. The first-order valence-electron chi connectivity index (χ1n) is 4.07. The second-order valence-electron chi connectivity index (χ2n) is 3.16. The number of carbonyl (C=O) groups is 1. The van der Waals surface area contributed by atoms with Crippen LogP contribution < -0.4 is 5.73 Å². The lowest BCUT2D eigenvalue weighted by molar-refractivity contribution is -0.118. The van der Waals surface area contributed by atoms with Crippen molar-refractivity contribution in [2.75, 3.05) is 0 Å². The van der Waals surface area contributed by atoms with Gasteiger partial charge in [0.15, 0.2) is 0 Å². The van der Waals surface area contributed by atoms with E-state index in [9.17, 15) is 4.79 Å². The van der Waals surface area contributed by atoms with Gasteiger partial charge in [0.25, 0.3) is 0 Å². The van der Waals surface area contributed by atoms with Crippen LogP contribution in [-0.2, 0) is 4.79 Å². The minimum Gasteiger partial charge on any atom is -0.370 e. The topological polar surface area (TPSA) is 43.1 Å². The first-order chi connectivity index (χ1) is 4.79. The van der Waals surface area contributed by atoms with E-state index < -0.39 is 0 Å². The number of hydrogen-bond donors (Lipinski definition) is 1. The first-order valence-corrected chi connectivity index (χ1v) is 4.07. The summed E-state index contributed by atoms with van der Waals surface area (Å²) in [6, 6.07) is 0. The zero-order valence-electron chi connectivity index (χ0n) is 6.31. The van der Waals surface area contributed by atoms with Gasteiger partial charge in [0.2, 0.25) is 5.91 Å². The Morgan fingerprint density at radius 3 is 2.60 bits per heavy atom. The van der Waals surface area contributed by atoms with E-state index in [1.54, 1.807) is 0 Å². The van der Waals surface area contributed by atoms with E-state index in [2.05, 4.69) is 0 Å². The molecule has 1 rings (SSSR count). The summed E-state index contributed by atoms with van der Waals surface area (Å²) in [6.45, 7) is 0. The van der Waals surface area contributed by atoms with Crippen molar-refractivity contribution in [1.29, 1.82) is 0 Å². The molecule has 1 fully saturated rings. The summed E-state index contributed by atoms with van der Waals surface area (Å²) in [5.41, 5.74) is 4.99. The van der Waals surface area contributed by atoms with E-state index in [4.69, 9.17) is 5.73 Å². The van der Waals surface area contributed by atoms with Gasteiger partial charge in [0.1, 0.15) is 0 Å². The van der Waals surface area contributed by atoms with Crippen molar-refractivity contribution in [2.45, 2.75) is 38.5 Å². The van der Waals surface area contributed by atoms with Gasteiger partial charge in [-0.3, -0.25) is 4.79 Å². The number of rotatable bonds is 5. The van der Waals surface area contributed by atoms with Crippen LogP contribution in [-0.4, -0.2) is 5.91 Å². The van der Waals surface area contributed by atoms with Gasteiger partial charge in [-0.15, -0.1) is 0 Å². The Balaban J connectivity index is 1.80.